The fourth-order valence-electron chi connectivity index (χ4n) is 5.80. The predicted molar refractivity (Wildman–Crippen MR) is 148 cm³/mol. The van der Waals surface area contributed by atoms with E-state index in [0.717, 1.165) is 16.7 Å². The maximum atomic E-state index is 14.1. The number of benzene rings is 2. The van der Waals surface area contributed by atoms with Crippen molar-refractivity contribution < 1.29 is 23.1 Å². The number of amides is 1. The fraction of sp³-hybridized carbons (Fsp3) is 0.367. The van der Waals surface area contributed by atoms with Gasteiger partial charge in [0.1, 0.15) is 17.5 Å². The largest absolute Gasteiger partial charge is 0.506 e. The first-order chi connectivity index (χ1) is 18.7. The van der Waals surface area contributed by atoms with Crippen molar-refractivity contribution in [1.82, 2.24) is 14.2 Å². The van der Waals surface area contributed by atoms with Crippen molar-refractivity contribution in [3.05, 3.63) is 84.2 Å². The molecule has 204 valence electrons. The SMILES string of the molecule is CC(C)CC(C(=O)N1CCC2C1C(=O)CN2S(=O)(=O)Cc1ncccc1O)c1cccc(-c2ccccc2)c1. The van der Waals surface area contributed by atoms with E-state index in [4.69, 9.17) is 0 Å². The average molecular weight is 548 g/mol. The zero-order chi connectivity index (χ0) is 27.7. The third-order valence-electron chi connectivity index (χ3n) is 7.60. The summed E-state index contributed by atoms with van der Waals surface area (Å²) in [5.74, 6) is -1.35. The summed E-state index contributed by atoms with van der Waals surface area (Å²) in [6.45, 7) is 4.16. The zero-order valence-electron chi connectivity index (χ0n) is 22.1. The van der Waals surface area contributed by atoms with Crippen LogP contribution in [0, 0.1) is 5.92 Å². The average Bonchev–Trinajstić information content (AvgIpc) is 3.50. The molecule has 39 heavy (non-hydrogen) atoms. The Labute approximate surface area is 229 Å². The van der Waals surface area contributed by atoms with Gasteiger partial charge in [-0.2, -0.15) is 4.31 Å². The number of carbonyl (C=O) groups is 2. The van der Waals surface area contributed by atoms with Crippen LogP contribution in [0.1, 0.15) is 43.9 Å². The van der Waals surface area contributed by atoms with Crippen LogP contribution >= 0.6 is 0 Å². The molecule has 3 heterocycles. The van der Waals surface area contributed by atoms with Gasteiger partial charge in [-0.1, -0.05) is 68.4 Å². The number of sulfonamides is 1. The van der Waals surface area contributed by atoms with Crippen molar-refractivity contribution in [2.45, 2.75) is 50.4 Å². The van der Waals surface area contributed by atoms with Crippen LogP contribution in [0.3, 0.4) is 0 Å². The summed E-state index contributed by atoms with van der Waals surface area (Å²) in [5.41, 5.74) is 3.00. The normalized spacial score (nSPS) is 20.4. The minimum absolute atomic E-state index is 0.0367. The van der Waals surface area contributed by atoms with E-state index in [2.05, 4.69) is 18.8 Å². The highest BCUT2D eigenvalue weighted by atomic mass is 32.2. The van der Waals surface area contributed by atoms with Crippen LogP contribution in [0.4, 0.5) is 0 Å². The van der Waals surface area contributed by atoms with Gasteiger partial charge in [-0.05, 0) is 47.6 Å². The van der Waals surface area contributed by atoms with E-state index in [9.17, 15) is 23.1 Å². The quantitative estimate of drug-likeness (QED) is 0.457. The first-order valence-corrected chi connectivity index (χ1v) is 14.9. The maximum absolute atomic E-state index is 14.1. The van der Waals surface area contributed by atoms with Gasteiger partial charge in [0.2, 0.25) is 15.9 Å². The number of fused-ring (bicyclic) bond motifs is 1. The fourth-order valence-corrected chi connectivity index (χ4v) is 7.49. The maximum Gasteiger partial charge on any atom is 0.230 e. The molecule has 0 bridgehead atoms. The standard InChI is InChI=1S/C30H33N3O5S/c1-20(2)16-24(23-11-6-10-22(17-23)21-8-4-3-5-9-21)30(36)32-15-13-26-29(32)28(35)18-33(26)39(37,38)19-25-27(34)12-7-14-31-25/h3-12,14,17,20,24,26,29,34H,13,15-16,18-19H2,1-2H3. The van der Waals surface area contributed by atoms with Crippen LogP contribution < -0.4 is 0 Å². The molecule has 5 rings (SSSR count). The summed E-state index contributed by atoms with van der Waals surface area (Å²) in [5, 5.41) is 10.0. The lowest BCUT2D eigenvalue weighted by atomic mass is 9.87. The highest BCUT2D eigenvalue weighted by Crippen LogP contribution is 2.37. The molecule has 2 saturated heterocycles. The Morgan fingerprint density at radius 2 is 1.79 bits per heavy atom. The van der Waals surface area contributed by atoms with E-state index in [0.29, 0.717) is 19.4 Å². The molecule has 1 aromatic heterocycles. The smallest absolute Gasteiger partial charge is 0.230 e. The van der Waals surface area contributed by atoms with Gasteiger partial charge in [0.05, 0.1) is 24.2 Å². The number of hydrogen-bond donors (Lipinski definition) is 1. The molecule has 0 aliphatic carbocycles. The Morgan fingerprint density at radius 1 is 1.05 bits per heavy atom. The molecule has 1 N–H and O–H groups in total. The number of Topliss-reactive ketones (excluding diaryl/α,β-unsaturated/α-hetero) is 1. The third kappa shape index (κ3) is 5.46. The number of rotatable bonds is 8. The second-order valence-corrected chi connectivity index (χ2v) is 12.7. The zero-order valence-corrected chi connectivity index (χ0v) is 22.9. The number of hydrogen-bond acceptors (Lipinski definition) is 6. The van der Waals surface area contributed by atoms with Crippen LogP contribution in [0.15, 0.2) is 72.9 Å². The summed E-state index contributed by atoms with van der Waals surface area (Å²) in [6, 6.07) is 19.4. The summed E-state index contributed by atoms with van der Waals surface area (Å²) in [7, 11) is -3.95. The van der Waals surface area contributed by atoms with Gasteiger partial charge in [0.25, 0.3) is 0 Å². The lowest BCUT2D eigenvalue weighted by Gasteiger charge is -2.29. The van der Waals surface area contributed by atoms with Gasteiger partial charge < -0.3 is 10.0 Å². The molecule has 2 aliphatic heterocycles. The minimum Gasteiger partial charge on any atom is -0.506 e. The van der Waals surface area contributed by atoms with Crippen molar-refractivity contribution in [3.8, 4) is 16.9 Å². The van der Waals surface area contributed by atoms with Gasteiger partial charge in [-0.3, -0.25) is 14.6 Å². The van der Waals surface area contributed by atoms with Gasteiger partial charge in [0.15, 0.2) is 5.78 Å². The van der Waals surface area contributed by atoms with Crippen molar-refractivity contribution in [1.29, 1.82) is 0 Å². The van der Waals surface area contributed by atoms with Crippen LogP contribution in [-0.2, 0) is 25.4 Å². The van der Waals surface area contributed by atoms with Crippen LogP contribution in [0.5, 0.6) is 5.75 Å². The Hall–Kier alpha value is -3.56. The number of ketones is 1. The lowest BCUT2D eigenvalue weighted by molar-refractivity contribution is -0.138. The molecule has 2 aromatic carbocycles. The van der Waals surface area contributed by atoms with E-state index in [1.54, 1.807) is 4.90 Å². The van der Waals surface area contributed by atoms with E-state index in [1.165, 1.54) is 22.6 Å². The Morgan fingerprint density at radius 3 is 2.51 bits per heavy atom. The van der Waals surface area contributed by atoms with E-state index in [1.807, 2.05) is 54.6 Å². The molecule has 0 spiro atoms. The topological polar surface area (TPSA) is 108 Å². The first kappa shape index (κ1) is 27.0. The number of aromatic hydroxyl groups is 1. The third-order valence-corrected chi connectivity index (χ3v) is 9.36. The number of aromatic nitrogens is 1. The van der Waals surface area contributed by atoms with Crippen molar-refractivity contribution >= 4 is 21.7 Å². The lowest BCUT2D eigenvalue weighted by Crippen LogP contribution is -2.45. The molecule has 3 unspecified atom stereocenters. The second kappa shape index (κ2) is 10.9. The van der Waals surface area contributed by atoms with Crippen LogP contribution in [0.2, 0.25) is 0 Å². The molecule has 3 aromatic rings. The Balaban J connectivity index is 1.40. The van der Waals surface area contributed by atoms with E-state index in [-0.39, 0.29) is 35.6 Å². The molecule has 3 atom stereocenters. The molecule has 8 nitrogen and oxygen atoms in total. The van der Waals surface area contributed by atoms with Gasteiger partial charge in [-0.15, -0.1) is 0 Å². The number of pyridine rings is 1. The number of carbonyl (C=O) groups excluding carboxylic acids is 2. The van der Waals surface area contributed by atoms with Crippen molar-refractivity contribution in [2.24, 2.45) is 5.92 Å². The van der Waals surface area contributed by atoms with Crippen molar-refractivity contribution in [2.75, 3.05) is 13.1 Å². The first-order valence-electron chi connectivity index (χ1n) is 13.3. The minimum atomic E-state index is -3.95. The molecule has 0 saturated carbocycles. The van der Waals surface area contributed by atoms with Crippen molar-refractivity contribution in [3.63, 3.8) is 0 Å². The highest BCUT2D eigenvalue weighted by Gasteiger charge is 2.54. The van der Waals surface area contributed by atoms with Gasteiger partial charge >= 0.3 is 0 Å². The molecule has 0 radical (unpaired) electrons. The van der Waals surface area contributed by atoms with E-state index >= 15 is 0 Å². The molecular formula is C30H33N3O5S. The predicted octanol–water partition coefficient (Wildman–Crippen LogP) is 3.97. The molecular weight excluding hydrogens is 514 g/mol. The summed E-state index contributed by atoms with van der Waals surface area (Å²) in [6.07, 6.45) is 2.41. The van der Waals surface area contributed by atoms with Crippen LogP contribution in [-0.4, -0.2) is 64.6 Å². The molecule has 2 fully saturated rings. The Bertz CT molecular complexity index is 1470. The summed E-state index contributed by atoms with van der Waals surface area (Å²) >= 11 is 0. The molecule has 2 aliphatic rings. The van der Waals surface area contributed by atoms with Gasteiger partial charge in [-0.25, -0.2) is 8.42 Å². The molecule has 1 amide bonds. The number of likely N-dealkylation sites (tertiary alicyclic amines) is 1. The number of nitrogens with zero attached hydrogens (tertiary/aromatic N) is 3. The van der Waals surface area contributed by atoms with Crippen LogP contribution in [0.25, 0.3) is 11.1 Å². The summed E-state index contributed by atoms with van der Waals surface area (Å²) < 4.78 is 27.8. The van der Waals surface area contributed by atoms with Gasteiger partial charge in [0, 0.05) is 12.7 Å². The molecule has 9 heteroatoms. The second-order valence-electron chi connectivity index (χ2n) is 10.7. The Kier molecular flexibility index (Phi) is 7.55. The summed E-state index contributed by atoms with van der Waals surface area (Å²) in [4.78, 5) is 32.9. The highest BCUT2D eigenvalue weighted by molar-refractivity contribution is 7.88. The van der Waals surface area contributed by atoms with E-state index < -0.39 is 33.8 Å². The monoisotopic (exact) mass is 547 g/mol.